The van der Waals surface area contributed by atoms with E-state index in [1.54, 1.807) is 54.6 Å². The lowest BCUT2D eigenvalue weighted by molar-refractivity contribution is -0.139. The molecule has 4 rings (SSSR count). The lowest BCUT2D eigenvalue weighted by atomic mass is 10.0. The summed E-state index contributed by atoms with van der Waals surface area (Å²) in [6, 6.07) is 17.0. The van der Waals surface area contributed by atoms with Crippen LogP contribution in [0, 0.1) is 19.3 Å². The molecule has 0 aliphatic rings. The smallest absolute Gasteiger partial charge is 0.332 e. The van der Waals surface area contributed by atoms with Crippen LogP contribution < -0.4 is 11.2 Å². The van der Waals surface area contributed by atoms with Crippen LogP contribution in [-0.4, -0.2) is 25.9 Å². The standard InChI is InChI=1S/C26H23N3O4S/c1-15-12-16(2)22(21(34)13-15)19(27)14-28-20-11-7-6-10-18(20)24(30)29(26(28)33)23(25(31)32)17-8-4-3-5-9-17/h3-13,23,27,34H,14H2,1-2H3,(H,31,32)/t23-/m0/s1. The quantitative estimate of drug-likeness (QED) is 0.293. The van der Waals surface area contributed by atoms with E-state index in [-0.39, 0.29) is 17.6 Å². The second-order valence-corrected chi connectivity index (χ2v) is 8.65. The van der Waals surface area contributed by atoms with Gasteiger partial charge in [-0.2, -0.15) is 0 Å². The fourth-order valence-corrected chi connectivity index (χ4v) is 4.85. The number of para-hydroxylation sites is 1. The number of carboxylic acid groups (broad SMARTS) is 1. The third-order valence-electron chi connectivity index (χ3n) is 5.77. The highest BCUT2D eigenvalue weighted by molar-refractivity contribution is 7.80. The van der Waals surface area contributed by atoms with Gasteiger partial charge in [0.05, 0.1) is 23.2 Å². The van der Waals surface area contributed by atoms with Gasteiger partial charge in [-0.1, -0.05) is 48.5 Å². The number of thiol groups is 1. The largest absolute Gasteiger partial charge is 0.479 e. The summed E-state index contributed by atoms with van der Waals surface area (Å²) in [6.45, 7) is 3.65. The van der Waals surface area contributed by atoms with E-state index in [2.05, 4.69) is 12.6 Å². The van der Waals surface area contributed by atoms with E-state index >= 15 is 0 Å². The number of fused-ring (bicyclic) bond motifs is 1. The number of aromatic nitrogens is 2. The van der Waals surface area contributed by atoms with Crippen molar-refractivity contribution in [2.24, 2.45) is 0 Å². The monoisotopic (exact) mass is 473 g/mol. The summed E-state index contributed by atoms with van der Waals surface area (Å²) in [5.74, 6) is -1.32. The van der Waals surface area contributed by atoms with Gasteiger partial charge in [-0.3, -0.25) is 9.36 Å². The Kier molecular flexibility index (Phi) is 6.26. The van der Waals surface area contributed by atoms with Gasteiger partial charge in [0.2, 0.25) is 0 Å². The third-order valence-corrected chi connectivity index (χ3v) is 6.12. The molecule has 1 aromatic heterocycles. The Labute approximate surface area is 200 Å². The minimum Gasteiger partial charge on any atom is -0.479 e. The lowest BCUT2D eigenvalue weighted by Crippen LogP contribution is -2.45. The minimum atomic E-state index is -1.51. The van der Waals surface area contributed by atoms with E-state index in [0.717, 1.165) is 15.7 Å². The number of rotatable bonds is 6. The summed E-state index contributed by atoms with van der Waals surface area (Å²) in [7, 11) is 0. The second-order valence-electron chi connectivity index (χ2n) is 8.17. The molecule has 1 heterocycles. The number of hydrogen-bond donors (Lipinski definition) is 3. The van der Waals surface area contributed by atoms with Crippen LogP contribution >= 0.6 is 12.6 Å². The Morgan fingerprint density at radius 3 is 2.32 bits per heavy atom. The Bertz CT molecular complexity index is 1530. The molecule has 7 nitrogen and oxygen atoms in total. The normalized spacial score (nSPS) is 12.0. The van der Waals surface area contributed by atoms with Gasteiger partial charge >= 0.3 is 11.7 Å². The third kappa shape index (κ3) is 4.08. The molecule has 0 bridgehead atoms. The van der Waals surface area contributed by atoms with E-state index in [0.29, 0.717) is 21.5 Å². The average Bonchev–Trinajstić information content (AvgIpc) is 2.79. The van der Waals surface area contributed by atoms with Gasteiger partial charge in [-0.05, 0) is 48.7 Å². The Morgan fingerprint density at radius 1 is 1.03 bits per heavy atom. The van der Waals surface area contributed by atoms with Crippen LogP contribution in [-0.2, 0) is 11.3 Å². The number of nitrogens with zero attached hydrogens (tertiary/aromatic N) is 2. The highest BCUT2D eigenvalue weighted by Gasteiger charge is 2.28. The van der Waals surface area contributed by atoms with Crippen molar-refractivity contribution in [3.63, 3.8) is 0 Å². The predicted octanol–water partition coefficient (Wildman–Crippen LogP) is 3.81. The topological polar surface area (TPSA) is 105 Å². The van der Waals surface area contributed by atoms with Crippen LogP contribution in [0.1, 0.15) is 28.3 Å². The highest BCUT2D eigenvalue weighted by Crippen LogP contribution is 2.22. The molecular formula is C26H23N3O4S. The summed E-state index contributed by atoms with van der Waals surface area (Å²) in [6.07, 6.45) is 0. The van der Waals surface area contributed by atoms with Gasteiger partial charge < -0.3 is 10.5 Å². The number of carboxylic acids is 1. The molecule has 8 heteroatoms. The first-order chi connectivity index (χ1) is 16.2. The first kappa shape index (κ1) is 23.3. The fraction of sp³-hybridized carbons (Fsp3) is 0.154. The molecule has 0 amide bonds. The molecule has 0 fully saturated rings. The molecule has 34 heavy (non-hydrogen) atoms. The molecule has 0 saturated carbocycles. The summed E-state index contributed by atoms with van der Waals surface area (Å²) in [4.78, 5) is 39.9. The molecule has 1 atom stereocenters. The van der Waals surface area contributed by atoms with Crippen LogP contribution in [0.3, 0.4) is 0 Å². The van der Waals surface area contributed by atoms with Gasteiger partial charge in [-0.15, -0.1) is 12.6 Å². The molecule has 0 unspecified atom stereocenters. The molecule has 0 aliphatic carbocycles. The van der Waals surface area contributed by atoms with Crippen LogP contribution in [0.25, 0.3) is 10.9 Å². The zero-order valence-electron chi connectivity index (χ0n) is 18.6. The van der Waals surface area contributed by atoms with Gasteiger partial charge in [0.25, 0.3) is 5.56 Å². The van der Waals surface area contributed by atoms with Gasteiger partial charge in [0, 0.05) is 10.5 Å². The van der Waals surface area contributed by atoms with Crippen LogP contribution in [0.2, 0.25) is 0 Å². The van der Waals surface area contributed by atoms with Gasteiger partial charge in [0.15, 0.2) is 6.04 Å². The number of carbonyl (C=O) groups is 1. The second kappa shape index (κ2) is 9.15. The first-order valence-corrected chi connectivity index (χ1v) is 11.0. The molecule has 0 spiro atoms. The van der Waals surface area contributed by atoms with Crippen molar-refractivity contribution in [1.82, 2.24) is 9.13 Å². The average molecular weight is 474 g/mol. The number of nitrogens with one attached hydrogen (secondary N) is 1. The zero-order valence-corrected chi connectivity index (χ0v) is 19.5. The van der Waals surface area contributed by atoms with Gasteiger partial charge in [-0.25, -0.2) is 14.2 Å². The van der Waals surface area contributed by atoms with Crippen molar-refractivity contribution in [3.05, 3.63) is 110 Å². The van der Waals surface area contributed by atoms with Crippen molar-refractivity contribution >= 4 is 35.2 Å². The van der Waals surface area contributed by atoms with Gasteiger partial charge in [0.1, 0.15) is 0 Å². The van der Waals surface area contributed by atoms with Crippen molar-refractivity contribution < 1.29 is 9.90 Å². The molecule has 172 valence electrons. The van der Waals surface area contributed by atoms with E-state index in [1.165, 1.54) is 4.57 Å². The van der Waals surface area contributed by atoms with Crippen molar-refractivity contribution in [1.29, 1.82) is 5.41 Å². The zero-order chi connectivity index (χ0) is 24.6. The van der Waals surface area contributed by atoms with E-state index < -0.39 is 23.3 Å². The minimum absolute atomic E-state index is 0.131. The summed E-state index contributed by atoms with van der Waals surface area (Å²) in [5, 5.41) is 18.9. The predicted molar refractivity (Wildman–Crippen MR) is 135 cm³/mol. The molecule has 2 N–H and O–H groups in total. The summed E-state index contributed by atoms with van der Waals surface area (Å²) >= 11 is 4.53. The maximum atomic E-state index is 13.7. The first-order valence-electron chi connectivity index (χ1n) is 10.6. The highest BCUT2D eigenvalue weighted by atomic mass is 32.1. The fourth-order valence-electron chi connectivity index (χ4n) is 4.33. The van der Waals surface area contributed by atoms with E-state index in [1.807, 2.05) is 26.0 Å². The maximum absolute atomic E-state index is 13.7. The SMILES string of the molecule is Cc1cc(C)c(C(=N)Cn2c(=O)n([C@H](C(=O)O)c3ccccc3)c(=O)c3ccccc32)c(S)c1. The van der Waals surface area contributed by atoms with Crippen molar-refractivity contribution in [2.45, 2.75) is 31.3 Å². The van der Waals surface area contributed by atoms with Crippen molar-refractivity contribution in [3.8, 4) is 0 Å². The van der Waals surface area contributed by atoms with E-state index in [4.69, 9.17) is 5.41 Å². The number of benzene rings is 3. The number of aryl methyl sites for hydroxylation is 2. The molecule has 4 aromatic rings. The maximum Gasteiger partial charge on any atom is 0.332 e. The Balaban J connectivity index is 1.97. The Hall–Kier alpha value is -3.91. The molecular weight excluding hydrogens is 450 g/mol. The van der Waals surface area contributed by atoms with Crippen LogP contribution in [0.4, 0.5) is 0 Å². The summed E-state index contributed by atoms with van der Waals surface area (Å²) in [5.41, 5.74) is 1.72. The molecule has 3 aromatic carbocycles. The lowest BCUT2D eigenvalue weighted by Gasteiger charge is -2.20. The molecule has 0 saturated heterocycles. The van der Waals surface area contributed by atoms with Crippen LogP contribution in [0.15, 0.2) is 81.2 Å². The molecule has 0 radical (unpaired) electrons. The Morgan fingerprint density at radius 2 is 1.68 bits per heavy atom. The van der Waals surface area contributed by atoms with E-state index in [9.17, 15) is 19.5 Å². The number of hydrogen-bond acceptors (Lipinski definition) is 5. The number of aliphatic carboxylic acids is 1. The summed E-state index contributed by atoms with van der Waals surface area (Å²) < 4.78 is 2.04. The van der Waals surface area contributed by atoms with Crippen LogP contribution in [0.5, 0.6) is 0 Å². The van der Waals surface area contributed by atoms with Crippen molar-refractivity contribution in [2.75, 3.05) is 0 Å². The molecule has 0 aliphatic heterocycles.